The first-order valence-corrected chi connectivity index (χ1v) is 14.5. The zero-order valence-corrected chi connectivity index (χ0v) is 25.8. The van der Waals surface area contributed by atoms with Gasteiger partial charge in [-0.2, -0.15) is 0 Å². The van der Waals surface area contributed by atoms with E-state index in [1.165, 1.54) is 0 Å². The van der Waals surface area contributed by atoms with Crippen molar-refractivity contribution in [3.05, 3.63) is 0 Å². The van der Waals surface area contributed by atoms with E-state index in [-0.39, 0.29) is 30.6 Å². The van der Waals surface area contributed by atoms with E-state index in [0.29, 0.717) is 6.42 Å². The third-order valence-corrected chi connectivity index (χ3v) is 6.28. The summed E-state index contributed by atoms with van der Waals surface area (Å²) in [7, 11) is 0. The number of nitrogens with one attached hydrogen (secondary N) is 4. The molecule has 0 bridgehead atoms. The lowest BCUT2D eigenvalue weighted by atomic mass is 9.98. The van der Waals surface area contributed by atoms with Gasteiger partial charge in [0.1, 0.15) is 24.2 Å². The molecule has 15 nitrogen and oxygen atoms in total. The summed E-state index contributed by atoms with van der Waals surface area (Å²) in [6.07, 6.45) is -1.17. The van der Waals surface area contributed by atoms with Gasteiger partial charge in [-0.1, -0.05) is 41.5 Å². The lowest BCUT2D eigenvalue weighted by Crippen LogP contribution is -2.59. The molecule has 0 aromatic carbocycles. The molecule has 4 amide bonds. The zero-order valence-electron chi connectivity index (χ0n) is 25.8. The van der Waals surface area contributed by atoms with Crippen molar-refractivity contribution in [1.29, 1.82) is 0 Å². The van der Waals surface area contributed by atoms with E-state index in [2.05, 4.69) is 21.3 Å². The molecule has 5 atom stereocenters. The Balaban J connectivity index is 5.93. The second-order valence-corrected chi connectivity index (χ2v) is 11.9. The van der Waals surface area contributed by atoms with Crippen LogP contribution in [-0.2, 0) is 33.6 Å². The van der Waals surface area contributed by atoms with Crippen LogP contribution in [0.3, 0.4) is 0 Å². The van der Waals surface area contributed by atoms with Crippen molar-refractivity contribution in [3.63, 3.8) is 0 Å². The Morgan fingerprint density at radius 3 is 1.21 bits per heavy atom. The van der Waals surface area contributed by atoms with Crippen molar-refractivity contribution in [1.82, 2.24) is 21.3 Å². The van der Waals surface area contributed by atoms with Crippen LogP contribution in [0.1, 0.15) is 86.5 Å². The molecular formula is C28H49N5O10. The molecule has 9 N–H and O–H groups in total. The molecule has 0 aromatic rings. The fourth-order valence-electron chi connectivity index (χ4n) is 4.18. The number of carbonyl (C=O) groups excluding carboxylic acids is 4. The number of amides is 4. The van der Waals surface area contributed by atoms with E-state index in [0.717, 1.165) is 0 Å². The van der Waals surface area contributed by atoms with Crippen LogP contribution in [0, 0.1) is 17.8 Å². The van der Waals surface area contributed by atoms with Gasteiger partial charge in [0.25, 0.3) is 0 Å². The van der Waals surface area contributed by atoms with E-state index in [9.17, 15) is 38.7 Å². The molecule has 15 heteroatoms. The van der Waals surface area contributed by atoms with Gasteiger partial charge in [-0.3, -0.25) is 28.8 Å². The van der Waals surface area contributed by atoms with Gasteiger partial charge < -0.3 is 42.3 Å². The number of nitrogens with two attached hydrogens (primary N) is 1. The molecule has 0 rings (SSSR count). The van der Waals surface area contributed by atoms with Gasteiger partial charge in [0.15, 0.2) is 0 Å². The second kappa shape index (κ2) is 19.4. The van der Waals surface area contributed by atoms with Crippen LogP contribution < -0.4 is 27.0 Å². The smallest absolute Gasteiger partial charge is 0.326 e. The highest BCUT2D eigenvalue weighted by Gasteiger charge is 2.32. The summed E-state index contributed by atoms with van der Waals surface area (Å²) in [5.74, 6) is -7.05. The molecule has 0 aromatic heterocycles. The van der Waals surface area contributed by atoms with E-state index in [4.69, 9.17) is 15.9 Å². The van der Waals surface area contributed by atoms with Gasteiger partial charge in [0, 0.05) is 12.8 Å². The van der Waals surface area contributed by atoms with Crippen LogP contribution in [0.5, 0.6) is 0 Å². The van der Waals surface area contributed by atoms with Crippen molar-refractivity contribution in [2.45, 2.75) is 117 Å². The Hall–Kier alpha value is -3.75. The first-order chi connectivity index (χ1) is 19.8. The summed E-state index contributed by atoms with van der Waals surface area (Å²) in [6, 6.07) is -6.13. The molecule has 246 valence electrons. The predicted molar refractivity (Wildman–Crippen MR) is 155 cm³/mol. The number of carboxylic acids is 3. The molecule has 0 saturated heterocycles. The van der Waals surface area contributed by atoms with Crippen molar-refractivity contribution in [2.24, 2.45) is 23.5 Å². The van der Waals surface area contributed by atoms with Crippen LogP contribution in [-0.4, -0.2) is 87.1 Å². The molecule has 0 aliphatic heterocycles. The van der Waals surface area contributed by atoms with Crippen molar-refractivity contribution >= 4 is 41.5 Å². The molecule has 0 unspecified atom stereocenters. The molecular weight excluding hydrogens is 566 g/mol. The minimum atomic E-state index is -1.60. The van der Waals surface area contributed by atoms with Gasteiger partial charge in [-0.25, -0.2) is 4.79 Å². The average molecular weight is 616 g/mol. The van der Waals surface area contributed by atoms with Crippen molar-refractivity contribution in [2.75, 3.05) is 0 Å². The SMILES string of the molecule is CC(C)C[C@H](NC(=O)[C@H](CC(C)C)NC(=O)[C@@H](N)CC(C)C)C(=O)N[C@@H](CCC(=O)O)C(=O)N[C@@H](CCC(=O)O)C(=O)O. The standard InChI is InChI=1S/C28H49N5O10/c1-14(2)11-17(29)24(38)32-20(12-15(3)4)27(41)33-21(13-16(5)6)26(40)30-18(7-9-22(34)35)25(39)31-19(28(42)43)8-10-23(36)37/h14-21H,7-13,29H2,1-6H3,(H,30,40)(H,31,39)(H,32,38)(H,33,41)(H,34,35)(H,36,37)(H,42,43)/t17-,18-,19-,20-,21-/m0/s1. The Morgan fingerprint density at radius 1 is 0.512 bits per heavy atom. The van der Waals surface area contributed by atoms with Gasteiger partial charge in [0.05, 0.1) is 6.04 Å². The van der Waals surface area contributed by atoms with E-state index in [1.807, 2.05) is 27.7 Å². The lowest BCUT2D eigenvalue weighted by Gasteiger charge is -2.27. The fourth-order valence-corrected chi connectivity index (χ4v) is 4.18. The van der Waals surface area contributed by atoms with E-state index in [1.54, 1.807) is 13.8 Å². The summed E-state index contributed by atoms with van der Waals surface area (Å²) in [5, 5.41) is 37.2. The molecule has 0 spiro atoms. The summed E-state index contributed by atoms with van der Waals surface area (Å²) in [4.78, 5) is 85.9. The van der Waals surface area contributed by atoms with Crippen LogP contribution in [0.15, 0.2) is 0 Å². The Bertz CT molecular complexity index is 985. The summed E-state index contributed by atoms with van der Waals surface area (Å²) in [5.41, 5.74) is 5.98. The minimum Gasteiger partial charge on any atom is -0.481 e. The van der Waals surface area contributed by atoms with Crippen LogP contribution in [0.4, 0.5) is 0 Å². The lowest BCUT2D eigenvalue weighted by molar-refractivity contribution is -0.144. The summed E-state index contributed by atoms with van der Waals surface area (Å²) >= 11 is 0. The zero-order chi connectivity index (χ0) is 33.4. The number of hydrogen-bond acceptors (Lipinski definition) is 8. The maximum Gasteiger partial charge on any atom is 0.326 e. The van der Waals surface area contributed by atoms with Crippen molar-refractivity contribution < 1.29 is 48.9 Å². The topological polar surface area (TPSA) is 254 Å². The van der Waals surface area contributed by atoms with E-state index < -0.39 is 97.4 Å². The number of carboxylic acid groups (broad SMARTS) is 3. The highest BCUT2D eigenvalue weighted by atomic mass is 16.4. The predicted octanol–water partition coefficient (Wildman–Crippen LogP) is 0.205. The van der Waals surface area contributed by atoms with Gasteiger partial charge in [0.2, 0.25) is 23.6 Å². The maximum atomic E-state index is 13.4. The molecule has 0 fully saturated rings. The average Bonchev–Trinajstić information content (AvgIpc) is 2.86. The number of rotatable bonds is 21. The first-order valence-electron chi connectivity index (χ1n) is 14.5. The molecule has 0 heterocycles. The Morgan fingerprint density at radius 2 is 0.837 bits per heavy atom. The van der Waals surface area contributed by atoms with Crippen molar-refractivity contribution in [3.8, 4) is 0 Å². The second-order valence-electron chi connectivity index (χ2n) is 11.9. The van der Waals surface area contributed by atoms with Gasteiger partial charge in [-0.05, 0) is 49.9 Å². The molecule has 0 aliphatic carbocycles. The van der Waals surface area contributed by atoms with Crippen LogP contribution in [0.2, 0.25) is 0 Å². The quantitative estimate of drug-likeness (QED) is 0.0865. The Labute approximate surface area is 252 Å². The maximum absolute atomic E-state index is 13.4. The van der Waals surface area contributed by atoms with Gasteiger partial charge >= 0.3 is 17.9 Å². The van der Waals surface area contributed by atoms with Crippen LogP contribution in [0.25, 0.3) is 0 Å². The largest absolute Gasteiger partial charge is 0.481 e. The molecule has 43 heavy (non-hydrogen) atoms. The highest BCUT2D eigenvalue weighted by Crippen LogP contribution is 2.11. The number of carbonyl (C=O) groups is 7. The third kappa shape index (κ3) is 17.1. The fraction of sp³-hybridized carbons (Fsp3) is 0.750. The minimum absolute atomic E-state index is 0.0119. The molecule has 0 saturated carbocycles. The number of hydrogen-bond donors (Lipinski definition) is 8. The normalized spacial score (nSPS) is 14.7. The molecule has 0 aliphatic rings. The summed E-state index contributed by atoms with van der Waals surface area (Å²) < 4.78 is 0. The van der Waals surface area contributed by atoms with Gasteiger partial charge in [-0.15, -0.1) is 0 Å². The Kier molecular flexibility index (Phi) is 17.7. The highest BCUT2D eigenvalue weighted by molar-refractivity contribution is 5.95. The summed E-state index contributed by atoms with van der Waals surface area (Å²) in [6.45, 7) is 11.1. The molecule has 0 radical (unpaired) electrons. The first kappa shape index (κ1) is 39.2. The van der Waals surface area contributed by atoms with E-state index >= 15 is 0 Å². The monoisotopic (exact) mass is 615 g/mol. The number of aliphatic carboxylic acids is 3. The third-order valence-electron chi connectivity index (χ3n) is 6.28. The van der Waals surface area contributed by atoms with Crippen LogP contribution >= 0.6 is 0 Å².